The summed E-state index contributed by atoms with van der Waals surface area (Å²) in [4.78, 5) is 20.6. The van der Waals surface area contributed by atoms with Gasteiger partial charge in [-0.05, 0) is 30.3 Å². The highest BCUT2D eigenvalue weighted by atomic mass is 16.6. The molecule has 0 amide bonds. The van der Waals surface area contributed by atoms with Crippen molar-refractivity contribution < 1.29 is 14.5 Å². The topological polar surface area (TPSA) is 69.4 Å². The van der Waals surface area contributed by atoms with E-state index in [1.807, 2.05) is 0 Å². The van der Waals surface area contributed by atoms with Gasteiger partial charge in [0.15, 0.2) is 0 Å². The van der Waals surface area contributed by atoms with E-state index in [4.69, 9.17) is 4.74 Å². The molecular formula is C13H9NO4. The second-order valence-corrected chi connectivity index (χ2v) is 3.54. The van der Waals surface area contributed by atoms with E-state index in [1.54, 1.807) is 36.4 Å². The van der Waals surface area contributed by atoms with Gasteiger partial charge >= 0.3 is 0 Å². The summed E-state index contributed by atoms with van der Waals surface area (Å²) in [5.74, 6) is 0.893. The third kappa shape index (κ3) is 2.70. The predicted octanol–water partition coefficient (Wildman–Crippen LogP) is 3.20. The average Bonchev–Trinajstić information content (AvgIpc) is 2.40. The summed E-state index contributed by atoms with van der Waals surface area (Å²) >= 11 is 0. The van der Waals surface area contributed by atoms with Gasteiger partial charge in [0.2, 0.25) is 0 Å². The van der Waals surface area contributed by atoms with Gasteiger partial charge in [-0.3, -0.25) is 14.9 Å². The Bertz CT molecular complexity index is 578. The van der Waals surface area contributed by atoms with Crippen molar-refractivity contribution >= 4 is 12.0 Å². The number of rotatable bonds is 4. The molecule has 0 radical (unpaired) electrons. The first-order valence-corrected chi connectivity index (χ1v) is 5.16. The SMILES string of the molecule is O=Cc1ccc(Oc2cccc([N+](=O)[O-])c2)cc1. The molecule has 0 heterocycles. The van der Waals surface area contributed by atoms with Gasteiger partial charge in [0.25, 0.3) is 5.69 Å². The number of hydrogen-bond acceptors (Lipinski definition) is 4. The predicted molar refractivity (Wildman–Crippen MR) is 65.0 cm³/mol. The number of carbonyl (C=O) groups is 1. The van der Waals surface area contributed by atoms with Crippen molar-refractivity contribution in [3.63, 3.8) is 0 Å². The largest absolute Gasteiger partial charge is 0.457 e. The maximum atomic E-state index is 10.6. The van der Waals surface area contributed by atoms with Crippen molar-refractivity contribution in [3.05, 3.63) is 64.2 Å². The van der Waals surface area contributed by atoms with Crippen molar-refractivity contribution in [1.29, 1.82) is 0 Å². The lowest BCUT2D eigenvalue weighted by Gasteiger charge is -2.05. The van der Waals surface area contributed by atoms with E-state index in [-0.39, 0.29) is 5.69 Å². The first-order chi connectivity index (χ1) is 8.69. The molecule has 0 aliphatic heterocycles. The molecule has 0 aliphatic carbocycles. The Morgan fingerprint density at radius 2 is 1.78 bits per heavy atom. The molecule has 0 saturated heterocycles. The fourth-order valence-corrected chi connectivity index (χ4v) is 1.41. The number of benzene rings is 2. The molecule has 0 fully saturated rings. The molecule has 0 spiro atoms. The molecule has 2 rings (SSSR count). The van der Waals surface area contributed by atoms with Crippen LogP contribution in [-0.2, 0) is 0 Å². The van der Waals surface area contributed by atoms with Crippen LogP contribution in [0.25, 0.3) is 0 Å². The second kappa shape index (κ2) is 5.09. The first-order valence-electron chi connectivity index (χ1n) is 5.16. The number of carbonyl (C=O) groups excluding carboxylic acids is 1. The van der Waals surface area contributed by atoms with Crippen molar-refractivity contribution in [1.82, 2.24) is 0 Å². The van der Waals surface area contributed by atoms with E-state index in [0.29, 0.717) is 17.1 Å². The minimum absolute atomic E-state index is 0.0305. The number of nitro benzene ring substituents is 1. The van der Waals surface area contributed by atoms with Gasteiger partial charge in [0.05, 0.1) is 11.0 Å². The quantitative estimate of drug-likeness (QED) is 0.469. The summed E-state index contributed by atoms with van der Waals surface area (Å²) < 4.78 is 5.45. The number of nitro groups is 1. The van der Waals surface area contributed by atoms with Gasteiger partial charge in [-0.1, -0.05) is 6.07 Å². The van der Waals surface area contributed by atoms with Crippen LogP contribution in [0.3, 0.4) is 0 Å². The molecule has 0 saturated carbocycles. The normalized spacial score (nSPS) is 9.78. The van der Waals surface area contributed by atoms with E-state index in [1.165, 1.54) is 12.1 Å². The van der Waals surface area contributed by atoms with Crippen LogP contribution in [0.1, 0.15) is 10.4 Å². The summed E-state index contributed by atoms with van der Waals surface area (Å²) in [6, 6.07) is 12.4. The van der Waals surface area contributed by atoms with E-state index in [9.17, 15) is 14.9 Å². The Hall–Kier alpha value is -2.69. The Morgan fingerprint density at radius 3 is 2.39 bits per heavy atom. The summed E-state index contributed by atoms with van der Waals surface area (Å²) in [6.07, 6.45) is 0.733. The van der Waals surface area contributed by atoms with E-state index in [0.717, 1.165) is 6.29 Å². The molecule has 90 valence electrons. The second-order valence-electron chi connectivity index (χ2n) is 3.54. The standard InChI is InChI=1S/C13H9NO4/c15-9-10-4-6-12(7-5-10)18-13-3-1-2-11(8-13)14(16)17/h1-9H. The number of non-ortho nitro benzene ring substituents is 1. The summed E-state index contributed by atoms with van der Waals surface area (Å²) in [6.45, 7) is 0. The lowest BCUT2D eigenvalue weighted by Crippen LogP contribution is -1.89. The number of ether oxygens (including phenoxy) is 1. The zero-order chi connectivity index (χ0) is 13.0. The van der Waals surface area contributed by atoms with Gasteiger partial charge in [-0.25, -0.2) is 0 Å². The van der Waals surface area contributed by atoms with Gasteiger partial charge in [0, 0.05) is 11.6 Å². The van der Waals surface area contributed by atoms with Crippen LogP contribution in [0, 0.1) is 10.1 Å². The summed E-state index contributed by atoms with van der Waals surface area (Å²) in [5.41, 5.74) is 0.512. The Morgan fingerprint density at radius 1 is 1.06 bits per heavy atom. The Labute approximate surface area is 103 Å². The third-order valence-corrected chi connectivity index (χ3v) is 2.28. The highest BCUT2D eigenvalue weighted by Gasteiger charge is 2.06. The number of hydrogen-bond donors (Lipinski definition) is 0. The lowest BCUT2D eigenvalue weighted by atomic mass is 10.2. The van der Waals surface area contributed by atoms with E-state index in [2.05, 4.69) is 0 Å². The minimum atomic E-state index is -0.484. The molecule has 2 aromatic rings. The maximum absolute atomic E-state index is 10.6. The molecule has 0 aromatic heterocycles. The van der Waals surface area contributed by atoms with Crippen LogP contribution in [0.15, 0.2) is 48.5 Å². The van der Waals surface area contributed by atoms with E-state index < -0.39 is 4.92 Å². The molecule has 0 bridgehead atoms. The van der Waals surface area contributed by atoms with Crippen molar-refractivity contribution in [2.75, 3.05) is 0 Å². The first kappa shape index (κ1) is 11.8. The third-order valence-electron chi connectivity index (χ3n) is 2.28. The van der Waals surface area contributed by atoms with Crippen LogP contribution >= 0.6 is 0 Å². The zero-order valence-corrected chi connectivity index (χ0v) is 9.28. The van der Waals surface area contributed by atoms with Crippen LogP contribution in [0.4, 0.5) is 5.69 Å². The molecular weight excluding hydrogens is 234 g/mol. The average molecular weight is 243 g/mol. The molecule has 2 aromatic carbocycles. The maximum Gasteiger partial charge on any atom is 0.273 e. The summed E-state index contributed by atoms with van der Waals surface area (Å²) in [7, 11) is 0. The monoisotopic (exact) mass is 243 g/mol. The minimum Gasteiger partial charge on any atom is -0.457 e. The molecule has 0 N–H and O–H groups in total. The Balaban J connectivity index is 2.19. The molecule has 0 aliphatic rings. The molecule has 0 unspecified atom stereocenters. The smallest absolute Gasteiger partial charge is 0.273 e. The summed E-state index contributed by atoms with van der Waals surface area (Å²) in [5, 5.41) is 10.6. The van der Waals surface area contributed by atoms with Gasteiger partial charge in [-0.2, -0.15) is 0 Å². The number of nitrogens with zero attached hydrogens (tertiary/aromatic N) is 1. The fraction of sp³-hybridized carbons (Fsp3) is 0. The highest BCUT2D eigenvalue weighted by Crippen LogP contribution is 2.25. The van der Waals surface area contributed by atoms with Crippen molar-refractivity contribution in [3.8, 4) is 11.5 Å². The van der Waals surface area contributed by atoms with Gasteiger partial charge in [0.1, 0.15) is 17.8 Å². The van der Waals surface area contributed by atoms with Crippen LogP contribution in [0.5, 0.6) is 11.5 Å². The lowest BCUT2D eigenvalue weighted by molar-refractivity contribution is -0.384. The molecule has 0 atom stereocenters. The van der Waals surface area contributed by atoms with E-state index >= 15 is 0 Å². The zero-order valence-electron chi connectivity index (χ0n) is 9.28. The van der Waals surface area contributed by atoms with Gasteiger partial charge in [-0.15, -0.1) is 0 Å². The van der Waals surface area contributed by atoms with Crippen molar-refractivity contribution in [2.45, 2.75) is 0 Å². The van der Waals surface area contributed by atoms with Crippen molar-refractivity contribution in [2.24, 2.45) is 0 Å². The van der Waals surface area contributed by atoms with Crippen LogP contribution < -0.4 is 4.74 Å². The molecule has 5 nitrogen and oxygen atoms in total. The highest BCUT2D eigenvalue weighted by molar-refractivity contribution is 5.74. The van der Waals surface area contributed by atoms with Gasteiger partial charge < -0.3 is 4.74 Å². The number of aldehydes is 1. The van der Waals surface area contributed by atoms with Crippen LogP contribution in [0.2, 0.25) is 0 Å². The van der Waals surface area contributed by atoms with Crippen LogP contribution in [-0.4, -0.2) is 11.2 Å². The molecule has 18 heavy (non-hydrogen) atoms. The Kier molecular flexibility index (Phi) is 3.33. The molecule has 5 heteroatoms. The fourth-order valence-electron chi connectivity index (χ4n) is 1.41.